The van der Waals surface area contributed by atoms with Crippen LogP contribution in [0.1, 0.15) is 19.4 Å². The molecule has 24 heavy (non-hydrogen) atoms. The van der Waals surface area contributed by atoms with Crippen LogP contribution in [-0.4, -0.2) is 35.9 Å². The van der Waals surface area contributed by atoms with Gasteiger partial charge in [0, 0.05) is 30.9 Å². The van der Waals surface area contributed by atoms with Gasteiger partial charge >= 0.3 is 17.2 Å². The van der Waals surface area contributed by atoms with Gasteiger partial charge in [0.15, 0.2) is 0 Å². The van der Waals surface area contributed by atoms with Crippen LogP contribution in [0, 0.1) is 5.92 Å². The lowest BCUT2D eigenvalue weighted by molar-refractivity contribution is -0.204. The van der Waals surface area contributed by atoms with E-state index < -0.39 is 22.8 Å². The van der Waals surface area contributed by atoms with E-state index in [1.54, 1.807) is 13.1 Å². The Kier molecular flexibility index (Phi) is 4.77. The fraction of sp³-hybridized carbons (Fsp3) is 0.438. The average Bonchev–Trinajstić information content (AvgIpc) is 2.43. The van der Waals surface area contributed by atoms with E-state index >= 15 is 0 Å². The van der Waals surface area contributed by atoms with E-state index in [0.717, 1.165) is 6.08 Å². The fourth-order valence-electron chi connectivity index (χ4n) is 2.49. The van der Waals surface area contributed by atoms with Crippen molar-refractivity contribution in [3.05, 3.63) is 29.3 Å². The van der Waals surface area contributed by atoms with Crippen LogP contribution < -0.4 is 9.64 Å². The molecular formula is C16H17ClF3NO3. The van der Waals surface area contributed by atoms with Gasteiger partial charge in [-0.15, -0.1) is 0 Å². The number of anilines is 1. The van der Waals surface area contributed by atoms with E-state index in [1.165, 1.54) is 12.1 Å². The number of carbonyl (C=O) groups is 1. The lowest BCUT2D eigenvalue weighted by Crippen LogP contribution is -2.50. The molecule has 1 unspecified atom stereocenters. The zero-order chi connectivity index (χ0) is 18.3. The van der Waals surface area contributed by atoms with Crippen molar-refractivity contribution in [2.24, 2.45) is 5.92 Å². The molecule has 0 radical (unpaired) electrons. The van der Waals surface area contributed by atoms with Crippen LogP contribution in [0.15, 0.2) is 23.8 Å². The molecule has 8 heteroatoms. The summed E-state index contributed by atoms with van der Waals surface area (Å²) >= 11 is 5.55. The van der Waals surface area contributed by atoms with Gasteiger partial charge in [0.25, 0.3) is 0 Å². The summed E-state index contributed by atoms with van der Waals surface area (Å²) in [6, 6.07) is 4.63. The Bertz CT molecular complexity index is 688. The highest BCUT2D eigenvalue weighted by atomic mass is 35.5. The molecule has 1 atom stereocenters. The first-order valence-corrected chi connectivity index (χ1v) is 7.59. The van der Waals surface area contributed by atoms with Crippen LogP contribution in [0.5, 0.6) is 5.75 Å². The molecule has 1 aromatic carbocycles. The summed E-state index contributed by atoms with van der Waals surface area (Å²) in [6.45, 7) is 4.72. The second-order valence-corrected chi connectivity index (χ2v) is 6.59. The second kappa shape index (κ2) is 6.20. The summed E-state index contributed by atoms with van der Waals surface area (Å²) in [5.41, 5.74) is -0.183. The van der Waals surface area contributed by atoms with Gasteiger partial charge in [0.2, 0.25) is 0 Å². The molecule has 4 nitrogen and oxygen atoms in total. The van der Waals surface area contributed by atoms with Crippen molar-refractivity contribution in [3.8, 4) is 5.75 Å². The van der Waals surface area contributed by atoms with Crippen LogP contribution in [0.2, 0.25) is 0 Å². The molecule has 1 aliphatic heterocycles. The predicted molar refractivity (Wildman–Crippen MR) is 85.4 cm³/mol. The molecule has 0 bridgehead atoms. The van der Waals surface area contributed by atoms with Gasteiger partial charge in [-0.05, 0) is 24.1 Å². The molecule has 1 N–H and O–H groups in total. The van der Waals surface area contributed by atoms with Crippen molar-refractivity contribution in [1.29, 1.82) is 0 Å². The van der Waals surface area contributed by atoms with Crippen molar-refractivity contribution < 1.29 is 27.8 Å². The number of ether oxygens (including phenoxy) is 1. The van der Waals surface area contributed by atoms with Crippen LogP contribution >= 0.6 is 11.6 Å². The summed E-state index contributed by atoms with van der Waals surface area (Å²) in [5, 5.41) is 5.65. The maximum atomic E-state index is 13.3. The highest BCUT2D eigenvalue weighted by Gasteiger charge is 2.62. The first-order chi connectivity index (χ1) is 11.0. The van der Waals surface area contributed by atoms with Gasteiger partial charge in [0.05, 0.1) is 0 Å². The molecular weight excluding hydrogens is 347 g/mol. The van der Waals surface area contributed by atoms with E-state index in [0.29, 0.717) is 18.2 Å². The number of fused-ring (bicyclic) bond motifs is 1. The molecule has 0 fully saturated rings. The zero-order valence-electron chi connectivity index (χ0n) is 13.3. The third kappa shape index (κ3) is 3.31. The first kappa shape index (κ1) is 18.4. The number of carboxylic acid groups (broad SMARTS) is 1. The third-order valence-electron chi connectivity index (χ3n) is 3.57. The minimum Gasteiger partial charge on any atom is -0.478 e. The number of nitrogens with zero attached hydrogens (tertiary/aromatic N) is 1. The van der Waals surface area contributed by atoms with Crippen molar-refractivity contribution in [2.75, 3.05) is 18.5 Å². The number of alkyl halides is 4. The lowest BCUT2D eigenvalue weighted by Gasteiger charge is -2.34. The van der Waals surface area contributed by atoms with E-state index in [4.69, 9.17) is 21.4 Å². The van der Waals surface area contributed by atoms with Gasteiger partial charge in [0.1, 0.15) is 11.3 Å². The van der Waals surface area contributed by atoms with Crippen molar-refractivity contribution in [2.45, 2.75) is 25.1 Å². The number of hydrogen-bond donors (Lipinski definition) is 1. The van der Waals surface area contributed by atoms with Crippen LogP contribution in [0.4, 0.5) is 18.9 Å². The monoisotopic (exact) mass is 363 g/mol. The standard InChI is InChI=1S/C16H17ClF3NO3/c1-9(2)8-21(3)11-5-4-10-6-12(14(22)23)15(17,16(18,19)20)24-13(10)7-11/h4-7,9H,8H2,1-3H3,(H,22,23). The molecule has 0 saturated heterocycles. The number of rotatable bonds is 4. The summed E-state index contributed by atoms with van der Waals surface area (Å²) in [7, 11) is 1.81. The zero-order valence-corrected chi connectivity index (χ0v) is 14.1. The summed E-state index contributed by atoms with van der Waals surface area (Å²) in [5.74, 6) is -1.54. The quantitative estimate of drug-likeness (QED) is 0.817. The Morgan fingerprint density at radius 3 is 2.54 bits per heavy atom. The van der Waals surface area contributed by atoms with Gasteiger partial charge in [-0.2, -0.15) is 13.2 Å². The Labute approximate surface area is 142 Å². The van der Waals surface area contributed by atoms with E-state index in [1.807, 2.05) is 18.7 Å². The molecule has 0 amide bonds. The molecule has 0 aliphatic carbocycles. The fourth-order valence-corrected chi connectivity index (χ4v) is 2.70. The van der Waals surface area contributed by atoms with Crippen molar-refractivity contribution >= 4 is 29.3 Å². The maximum absolute atomic E-state index is 13.3. The second-order valence-electron chi connectivity index (χ2n) is 6.05. The minimum absolute atomic E-state index is 0.111. The molecule has 0 spiro atoms. The molecule has 132 valence electrons. The van der Waals surface area contributed by atoms with Crippen molar-refractivity contribution in [1.82, 2.24) is 0 Å². The molecule has 1 aliphatic rings. The molecule has 0 saturated carbocycles. The lowest BCUT2D eigenvalue weighted by atomic mass is 10.00. The highest BCUT2D eigenvalue weighted by molar-refractivity contribution is 6.29. The van der Waals surface area contributed by atoms with E-state index in [2.05, 4.69) is 0 Å². The summed E-state index contributed by atoms with van der Waals surface area (Å²) < 4.78 is 44.8. The topological polar surface area (TPSA) is 49.8 Å². The Balaban J connectivity index is 2.49. The SMILES string of the molecule is CC(C)CN(C)c1ccc2c(c1)OC(Cl)(C(F)(F)F)C(C(=O)O)=C2. The van der Waals surface area contributed by atoms with E-state index in [-0.39, 0.29) is 11.3 Å². The van der Waals surface area contributed by atoms with Gasteiger partial charge in [-0.1, -0.05) is 25.4 Å². The third-order valence-corrected chi connectivity index (χ3v) is 4.06. The smallest absolute Gasteiger partial charge is 0.448 e. The summed E-state index contributed by atoms with van der Waals surface area (Å²) in [6.07, 6.45) is -4.19. The highest BCUT2D eigenvalue weighted by Crippen LogP contribution is 2.48. The van der Waals surface area contributed by atoms with Crippen LogP contribution in [-0.2, 0) is 4.79 Å². The van der Waals surface area contributed by atoms with Crippen LogP contribution in [0.3, 0.4) is 0 Å². The van der Waals surface area contributed by atoms with Gasteiger partial charge in [-0.3, -0.25) is 0 Å². The van der Waals surface area contributed by atoms with E-state index in [9.17, 15) is 18.0 Å². The minimum atomic E-state index is -5.09. The normalized spacial score (nSPS) is 20.2. The number of hydrogen-bond acceptors (Lipinski definition) is 3. The van der Waals surface area contributed by atoms with Crippen LogP contribution in [0.25, 0.3) is 6.08 Å². The number of carboxylic acids is 1. The number of halogens is 4. The van der Waals surface area contributed by atoms with Gasteiger partial charge < -0.3 is 14.7 Å². The first-order valence-electron chi connectivity index (χ1n) is 7.21. The number of benzene rings is 1. The van der Waals surface area contributed by atoms with Crippen molar-refractivity contribution in [3.63, 3.8) is 0 Å². The van der Waals surface area contributed by atoms with Gasteiger partial charge in [-0.25, -0.2) is 4.79 Å². The Hall–Kier alpha value is -1.89. The molecule has 1 heterocycles. The molecule has 0 aromatic heterocycles. The molecule has 1 aromatic rings. The average molecular weight is 364 g/mol. The Morgan fingerprint density at radius 1 is 1.42 bits per heavy atom. The predicted octanol–water partition coefficient (Wildman–Crippen LogP) is 4.14. The summed E-state index contributed by atoms with van der Waals surface area (Å²) in [4.78, 5) is 13.1. The largest absolute Gasteiger partial charge is 0.478 e. The Morgan fingerprint density at radius 2 is 2.04 bits per heavy atom. The maximum Gasteiger partial charge on any atom is 0.448 e. The molecule has 2 rings (SSSR count). The number of aliphatic carboxylic acids is 1.